The van der Waals surface area contributed by atoms with Gasteiger partial charge in [0.2, 0.25) is 0 Å². The minimum absolute atomic E-state index is 0.0306. The summed E-state index contributed by atoms with van der Waals surface area (Å²) in [7, 11) is 0. The van der Waals surface area contributed by atoms with Crippen LogP contribution in [0.5, 0.6) is 0 Å². The van der Waals surface area contributed by atoms with E-state index in [0.717, 1.165) is 57.2 Å². The summed E-state index contributed by atoms with van der Waals surface area (Å²) in [5.41, 5.74) is 5.19. The van der Waals surface area contributed by atoms with Crippen molar-refractivity contribution in [3.05, 3.63) is 35.9 Å². The second-order valence-corrected chi connectivity index (χ2v) is 7.96. The van der Waals surface area contributed by atoms with E-state index in [4.69, 9.17) is 5.73 Å². The average molecular weight is 344 g/mol. The quantitative estimate of drug-likeness (QED) is 0.863. The lowest BCUT2D eigenvalue weighted by Crippen LogP contribution is -2.53. The largest absolute Gasteiger partial charge is 0.375 e. The first-order chi connectivity index (χ1) is 12.1. The average Bonchev–Trinajstić information content (AvgIpc) is 3.22. The first kappa shape index (κ1) is 18.4. The van der Waals surface area contributed by atoms with Gasteiger partial charge in [0.1, 0.15) is 0 Å². The highest BCUT2D eigenvalue weighted by Gasteiger charge is 2.48. The lowest BCUT2D eigenvalue weighted by atomic mass is 9.78. The first-order valence-corrected chi connectivity index (χ1v) is 9.84. The molecule has 2 atom stereocenters. The first-order valence-electron chi connectivity index (χ1n) is 9.84. The van der Waals surface area contributed by atoms with Crippen LogP contribution < -0.4 is 5.73 Å². The Morgan fingerprint density at radius 2 is 1.80 bits per heavy atom. The minimum Gasteiger partial charge on any atom is -0.375 e. The molecule has 1 saturated carbocycles. The van der Waals surface area contributed by atoms with E-state index in [1.54, 1.807) is 0 Å². The number of carbonyl (C=O) groups excluding carboxylic acids is 1. The van der Waals surface area contributed by atoms with Crippen LogP contribution in [0.4, 0.5) is 0 Å². The van der Waals surface area contributed by atoms with Crippen LogP contribution in [0.1, 0.15) is 51.0 Å². The van der Waals surface area contributed by atoms with Gasteiger partial charge in [-0.3, -0.25) is 4.79 Å². The maximum absolute atomic E-state index is 13.4. The molecule has 25 heavy (non-hydrogen) atoms. The van der Waals surface area contributed by atoms with E-state index in [1.165, 1.54) is 0 Å². The van der Waals surface area contributed by atoms with Gasteiger partial charge in [0, 0.05) is 19.0 Å². The maximum atomic E-state index is 13.4. The molecule has 3 rings (SSSR count). The van der Waals surface area contributed by atoms with Gasteiger partial charge in [0.15, 0.2) is 5.60 Å². The fraction of sp³-hybridized carbons (Fsp3) is 0.667. The fourth-order valence-corrected chi connectivity index (χ4v) is 4.67. The van der Waals surface area contributed by atoms with Crippen LogP contribution in [0, 0.1) is 17.8 Å². The zero-order valence-corrected chi connectivity index (χ0v) is 15.4. The molecule has 2 aliphatic rings. The number of hydrogen-bond acceptors (Lipinski definition) is 3. The number of carbonyl (C=O) groups is 1. The molecule has 1 aliphatic carbocycles. The van der Waals surface area contributed by atoms with Crippen molar-refractivity contribution in [2.45, 2.75) is 51.0 Å². The van der Waals surface area contributed by atoms with E-state index in [-0.39, 0.29) is 11.8 Å². The van der Waals surface area contributed by atoms with Gasteiger partial charge in [-0.15, -0.1) is 0 Å². The van der Waals surface area contributed by atoms with Crippen molar-refractivity contribution in [2.24, 2.45) is 23.5 Å². The summed E-state index contributed by atoms with van der Waals surface area (Å²) < 4.78 is 0. The Labute approximate surface area is 151 Å². The van der Waals surface area contributed by atoms with Gasteiger partial charge in [-0.2, -0.15) is 0 Å². The molecule has 1 aromatic rings. The van der Waals surface area contributed by atoms with Crippen LogP contribution in [-0.2, 0) is 10.4 Å². The third-order valence-corrected chi connectivity index (χ3v) is 6.49. The summed E-state index contributed by atoms with van der Waals surface area (Å²) in [5, 5.41) is 11.6. The summed E-state index contributed by atoms with van der Waals surface area (Å²) in [6, 6.07) is 9.57. The summed E-state index contributed by atoms with van der Waals surface area (Å²) in [5.74, 6) is 1.03. The number of aliphatic hydroxyl groups is 1. The molecule has 1 aromatic carbocycles. The van der Waals surface area contributed by atoms with E-state index in [0.29, 0.717) is 18.4 Å². The normalized spacial score (nSPS) is 23.4. The highest BCUT2D eigenvalue weighted by Crippen LogP contribution is 2.42. The Kier molecular flexibility index (Phi) is 5.80. The lowest BCUT2D eigenvalue weighted by Gasteiger charge is -2.41. The van der Waals surface area contributed by atoms with Crippen LogP contribution in [-0.4, -0.2) is 35.5 Å². The Morgan fingerprint density at radius 1 is 1.20 bits per heavy atom. The third kappa shape index (κ3) is 3.61. The molecule has 0 aromatic heterocycles. The molecule has 2 unspecified atom stereocenters. The fourth-order valence-electron chi connectivity index (χ4n) is 4.67. The third-order valence-electron chi connectivity index (χ3n) is 6.49. The molecule has 1 saturated heterocycles. The van der Waals surface area contributed by atoms with Crippen LogP contribution in [0.25, 0.3) is 0 Å². The van der Waals surface area contributed by atoms with E-state index < -0.39 is 5.60 Å². The molecular formula is C21H32N2O2. The maximum Gasteiger partial charge on any atom is 0.259 e. The predicted molar refractivity (Wildman–Crippen MR) is 99.8 cm³/mol. The van der Waals surface area contributed by atoms with Crippen molar-refractivity contribution < 1.29 is 9.90 Å². The number of likely N-dealkylation sites (tertiary alicyclic amines) is 1. The van der Waals surface area contributed by atoms with Gasteiger partial charge in [0.25, 0.3) is 5.91 Å². The number of nitrogens with zero attached hydrogens (tertiary/aromatic N) is 1. The van der Waals surface area contributed by atoms with Crippen LogP contribution >= 0.6 is 0 Å². The molecule has 1 amide bonds. The van der Waals surface area contributed by atoms with Crippen molar-refractivity contribution in [3.63, 3.8) is 0 Å². The molecule has 1 aliphatic heterocycles. The zero-order valence-electron chi connectivity index (χ0n) is 15.4. The van der Waals surface area contributed by atoms with Gasteiger partial charge >= 0.3 is 0 Å². The van der Waals surface area contributed by atoms with Gasteiger partial charge in [-0.25, -0.2) is 0 Å². The van der Waals surface area contributed by atoms with Crippen molar-refractivity contribution in [2.75, 3.05) is 19.6 Å². The van der Waals surface area contributed by atoms with Gasteiger partial charge < -0.3 is 15.7 Å². The Morgan fingerprint density at radius 3 is 2.36 bits per heavy atom. The van der Waals surface area contributed by atoms with Crippen LogP contribution in [0.15, 0.2) is 30.3 Å². The van der Waals surface area contributed by atoms with Gasteiger partial charge in [0.05, 0.1) is 0 Å². The lowest BCUT2D eigenvalue weighted by molar-refractivity contribution is -0.161. The summed E-state index contributed by atoms with van der Waals surface area (Å²) in [4.78, 5) is 15.3. The standard InChI is InChI=1S/C21H32N2O2/c1-16(15-22)17-11-13-23(14-12-17)20(24)21(25,19-9-5-6-10-19)18-7-3-2-4-8-18/h2-4,7-8,16-17,19,25H,5-6,9-15,22H2,1H3. The number of amides is 1. The van der Waals surface area contributed by atoms with E-state index in [9.17, 15) is 9.90 Å². The molecule has 4 heteroatoms. The smallest absolute Gasteiger partial charge is 0.259 e. The minimum atomic E-state index is -1.37. The van der Waals surface area contributed by atoms with E-state index >= 15 is 0 Å². The van der Waals surface area contributed by atoms with Crippen molar-refractivity contribution in [1.29, 1.82) is 0 Å². The highest BCUT2D eigenvalue weighted by molar-refractivity contribution is 5.87. The molecule has 3 N–H and O–H groups in total. The summed E-state index contributed by atoms with van der Waals surface area (Å²) in [6.45, 7) is 4.36. The highest BCUT2D eigenvalue weighted by atomic mass is 16.3. The molecule has 0 radical (unpaired) electrons. The predicted octanol–water partition coefficient (Wildman–Crippen LogP) is 2.90. The monoisotopic (exact) mass is 344 g/mol. The molecule has 2 fully saturated rings. The SMILES string of the molecule is CC(CN)C1CCN(C(=O)C(O)(c2ccccc2)C2CCCC2)CC1. The molecule has 4 nitrogen and oxygen atoms in total. The number of rotatable bonds is 5. The Balaban J connectivity index is 1.79. The number of nitrogens with two attached hydrogens (primary N) is 1. The second-order valence-electron chi connectivity index (χ2n) is 7.96. The van der Waals surface area contributed by atoms with Crippen LogP contribution in [0.2, 0.25) is 0 Å². The van der Waals surface area contributed by atoms with Crippen molar-refractivity contribution >= 4 is 5.91 Å². The second kappa shape index (κ2) is 7.88. The zero-order chi connectivity index (χ0) is 17.9. The van der Waals surface area contributed by atoms with Crippen molar-refractivity contribution in [3.8, 4) is 0 Å². The summed E-state index contributed by atoms with van der Waals surface area (Å²) in [6.07, 6.45) is 6.03. The number of benzene rings is 1. The molecule has 0 bridgehead atoms. The molecule has 0 spiro atoms. The molecular weight excluding hydrogens is 312 g/mol. The van der Waals surface area contributed by atoms with Crippen molar-refractivity contribution in [1.82, 2.24) is 4.90 Å². The number of hydrogen-bond donors (Lipinski definition) is 2. The topological polar surface area (TPSA) is 66.6 Å². The Hall–Kier alpha value is -1.39. The van der Waals surface area contributed by atoms with Gasteiger partial charge in [-0.05, 0) is 49.6 Å². The molecule has 138 valence electrons. The Bertz CT molecular complexity index is 563. The van der Waals surface area contributed by atoms with Crippen LogP contribution in [0.3, 0.4) is 0 Å². The number of piperidine rings is 1. The summed E-state index contributed by atoms with van der Waals surface area (Å²) >= 11 is 0. The van der Waals surface area contributed by atoms with E-state index in [1.807, 2.05) is 35.2 Å². The van der Waals surface area contributed by atoms with Gasteiger partial charge in [-0.1, -0.05) is 50.1 Å². The van der Waals surface area contributed by atoms with E-state index in [2.05, 4.69) is 6.92 Å². The molecule has 1 heterocycles.